The van der Waals surface area contributed by atoms with Crippen LogP contribution in [0, 0.1) is 11.6 Å². The number of hydrogen-bond acceptors (Lipinski definition) is 2. The van der Waals surface area contributed by atoms with Gasteiger partial charge in [0.25, 0.3) is 5.91 Å². The first-order chi connectivity index (χ1) is 12.1. The molecule has 0 aliphatic carbocycles. The normalized spacial score (nSPS) is 10.6. The zero-order valence-electron chi connectivity index (χ0n) is 13.5. The second-order valence-corrected chi connectivity index (χ2v) is 5.59. The van der Waals surface area contributed by atoms with Gasteiger partial charge in [0.15, 0.2) is 11.6 Å². The van der Waals surface area contributed by atoms with Crippen LogP contribution >= 0.6 is 0 Å². The maximum atomic E-state index is 13.2. The lowest BCUT2D eigenvalue weighted by Gasteiger charge is -2.09. The minimum atomic E-state index is -1.04. The summed E-state index contributed by atoms with van der Waals surface area (Å²) in [6.45, 7) is 1.05. The SMILES string of the molecule is O=C(NCCc1nccn1Cc1ccccc1)c1ccc(F)c(F)c1. The fourth-order valence-electron chi connectivity index (χ4n) is 2.52. The number of carbonyl (C=O) groups excluding carboxylic acids is 1. The van der Waals surface area contributed by atoms with Crippen molar-refractivity contribution < 1.29 is 13.6 Å². The van der Waals surface area contributed by atoms with Crippen molar-refractivity contribution in [3.63, 3.8) is 0 Å². The smallest absolute Gasteiger partial charge is 0.251 e. The standard InChI is InChI=1S/C19H17F2N3O/c20-16-7-6-15(12-17(16)21)19(25)23-9-8-18-22-10-11-24(18)13-14-4-2-1-3-5-14/h1-7,10-12H,8-9,13H2,(H,23,25). The molecule has 0 fully saturated rings. The molecule has 0 atom stereocenters. The predicted molar refractivity (Wildman–Crippen MR) is 90.2 cm³/mol. The van der Waals surface area contributed by atoms with Gasteiger partial charge in [0.2, 0.25) is 0 Å². The van der Waals surface area contributed by atoms with Gasteiger partial charge in [-0.2, -0.15) is 0 Å². The van der Waals surface area contributed by atoms with Gasteiger partial charge in [-0.25, -0.2) is 13.8 Å². The van der Waals surface area contributed by atoms with E-state index in [0.29, 0.717) is 19.5 Å². The van der Waals surface area contributed by atoms with Crippen LogP contribution in [0.5, 0.6) is 0 Å². The minimum absolute atomic E-state index is 0.0894. The highest BCUT2D eigenvalue weighted by Crippen LogP contribution is 2.09. The van der Waals surface area contributed by atoms with Crippen LogP contribution in [0.1, 0.15) is 21.7 Å². The Balaban J connectivity index is 1.56. The van der Waals surface area contributed by atoms with Crippen molar-refractivity contribution in [2.24, 2.45) is 0 Å². The molecule has 0 saturated heterocycles. The number of halogens is 2. The second kappa shape index (κ2) is 7.70. The molecule has 25 heavy (non-hydrogen) atoms. The molecule has 2 aromatic carbocycles. The van der Waals surface area contributed by atoms with Crippen LogP contribution in [0.15, 0.2) is 60.9 Å². The van der Waals surface area contributed by atoms with Gasteiger partial charge in [-0.15, -0.1) is 0 Å². The lowest BCUT2D eigenvalue weighted by atomic mass is 10.2. The Hall–Kier alpha value is -3.02. The molecule has 3 aromatic rings. The highest BCUT2D eigenvalue weighted by Gasteiger charge is 2.10. The number of nitrogens with zero attached hydrogens (tertiary/aromatic N) is 2. The molecule has 0 spiro atoms. The molecule has 3 rings (SSSR count). The molecule has 6 heteroatoms. The third kappa shape index (κ3) is 4.29. The number of amides is 1. The highest BCUT2D eigenvalue weighted by atomic mass is 19.2. The Labute approximate surface area is 144 Å². The van der Waals surface area contributed by atoms with E-state index in [2.05, 4.69) is 10.3 Å². The van der Waals surface area contributed by atoms with E-state index in [9.17, 15) is 13.6 Å². The monoisotopic (exact) mass is 341 g/mol. The van der Waals surface area contributed by atoms with Crippen molar-refractivity contribution in [3.05, 3.63) is 89.5 Å². The average molecular weight is 341 g/mol. The van der Waals surface area contributed by atoms with E-state index in [1.807, 2.05) is 41.1 Å². The Kier molecular flexibility index (Phi) is 5.18. The molecule has 0 aliphatic rings. The molecule has 1 aromatic heterocycles. The van der Waals surface area contributed by atoms with E-state index >= 15 is 0 Å². The molecule has 0 bridgehead atoms. The molecule has 0 unspecified atom stereocenters. The van der Waals surface area contributed by atoms with Crippen molar-refractivity contribution in [1.82, 2.24) is 14.9 Å². The number of benzene rings is 2. The molecule has 0 aliphatic heterocycles. The zero-order chi connectivity index (χ0) is 17.6. The van der Waals surface area contributed by atoms with Crippen LogP contribution in [-0.2, 0) is 13.0 Å². The summed E-state index contributed by atoms with van der Waals surface area (Å²) >= 11 is 0. The van der Waals surface area contributed by atoms with Crippen LogP contribution in [0.4, 0.5) is 8.78 Å². The summed E-state index contributed by atoms with van der Waals surface area (Å²) in [5.41, 5.74) is 1.25. The van der Waals surface area contributed by atoms with Crippen molar-refractivity contribution in [1.29, 1.82) is 0 Å². The first-order valence-corrected chi connectivity index (χ1v) is 7.90. The predicted octanol–water partition coefficient (Wildman–Crippen LogP) is 3.18. The third-order valence-corrected chi connectivity index (χ3v) is 3.81. The van der Waals surface area contributed by atoms with Gasteiger partial charge in [0.1, 0.15) is 5.82 Å². The van der Waals surface area contributed by atoms with Gasteiger partial charge in [-0.3, -0.25) is 4.79 Å². The molecule has 1 N–H and O–H groups in total. The lowest BCUT2D eigenvalue weighted by Crippen LogP contribution is -2.26. The molecule has 1 heterocycles. The quantitative estimate of drug-likeness (QED) is 0.748. The van der Waals surface area contributed by atoms with Gasteiger partial charge in [-0.05, 0) is 23.8 Å². The maximum Gasteiger partial charge on any atom is 0.251 e. The third-order valence-electron chi connectivity index (χ3n) is 3.81. The van der Waals surface area contributed by atoms with E-state index in [1.54, 1.807) is 6.20 Å². The van der Waals surface area contributed by atoms with Crippen LogP contribution < -0.4 is 5.32 Å². The van der Waals surface area contributed by atoms with Crippen LogP contribution in [0.3, 0.4) is 0 Å². The Morgan fingerprint density at radius 2 is 1.88 bits per heavy atom. The number of carbonyl (C=O) groups is 1. The van der Waals surface area contributed by atoms with Crippen LogP contribution in [0.2, 0.25) is 0 Å². The highest BCUT2D eigenvalue weighted by molar-refractivity contribution is 5.94. The summed E-state index contributed by atoms with van der Waals surface area (Å²) in [7, 11) is 0. The maximum absolute atomic E-state index is 13.2. The molecule has 128 valence electrons. The van der Waals surface area contributed by atoms with E-state index in [4.69, 9.17) is 0 Å². The Morgan fingerprint density at radius 1 is 1.08 bits per heavy atom. The van der Waals surface area contributed by atoms with E-state index in [-0.39, 0.29) is 5.56 Å². The van der Waals surface area contributed by atoms with Crippen molar-refractivity contribution in [2.45, 2.75) is 13.0 Å². The molecular formula is C19H17F2N3O. The number of hydrogen-bond donors (Lipinski definition) is 1. The van der Waals surface area contributed by atoms with E-state index in [1.165, 1.54) is 6.07 Å². The summed E-state index contributed by atoms with van der Waals surface area (Å²) in [6, 6.07) is 13.1. The van der Waals surface area contributed by atoms with Gasteiger partial charge >= 0.3 is 0 Å². The van der Waals surface area contributed by atoms with Crippen molar-refractivity contribution >= 4 is 5.91 Å². The first kappa shape index (κ1) is 16.8. The molecular weight excluding hydrogens is 324 g/mol. The summed E-state index contributed by atoms with van der Waals surface area (Å²) in [5, 5.41) is 2.69. The minimum Gasteiger partial charge on any atom is -0.352 e. The molecule has 0 radical (unpaired) electrons. The van der Waals surface area contributed by atoms with E-state index in [0.717, 1.165) is 23.5 Å². The number of aromatic nitrogens is 2. The van der Waals surface area contributed by atoms with Gasteiger partial charge in [0.05, 0.1) is 0 Å². The fourth-order valence-corrected chi connectivity index (χ4v) is 2.52. The molecule has 4 nitrogen and oxygen atoms in total. The largest absolute Gasteiger partial charge is 0.352 e. The van der Waals surface area contributed by atoms with Crippen molar-refractivity contribution in [2.75, 3.05) is 6.54 Å². The second-order valence-electron chi connectivity index (χ2n) is 5.59. The summed E-state index contributed by atoms with van der Waals surface area (Å²) in [4.78, 5) is 16.3. The molecule has 1 amide bonds. The topological polar surface area (TPSA) is 46.9 Å². The van der Waals surface area contributed by atoms with Gasteiger partial charge in [0, 0.05) is 37.5 Å². The Bertz CT molecular complexity index is 862. The number of imidazole rings is 1. The summed E-state index contributed by atoms with van der Waals surface area (Å²) < 4.78 is 28.1. The van der Waals surface area contributed by atoms with Gasteiger partial charge in [-0.1, -0.05) is 30.3 Å². The summed E-state index contributed by atoms with van der Waals surface area (Å²) in [5.74, 6) is -1.61. The van der Waals surface area contributed by atoms with E-state index < -0.39 is 17.5 Å². The van der Waals surface area contributed by atoms with Crippen LogP contribution in [0.25, 0.3) is 0 Å². The fraction of sp³-hybridized carbons (Fsp3) is 0.158. The zero-order valence-corrected chi connectivity index (χ0v) is 13.5. The van der Waals surface area contributed by atoms with Crippen molar-refractivity contribution in [3.8, 4) is 0 Å². The first-order valence-electron chi connectivity index (χ1n) is 7.90. The lowest BCUT2D eigenvalue weighted by molar-refractivity contribution is 0.0953. The summed E-state index contributed by atoms with van der Waals surface area (Å²) in [6.07, 6.45) is 4.14. The number of nitrogens with one attached hydrogen (secondary N) is 1. The Morgan fingerprint density at radius 3 is 2.64 bits per heavy atom. The average Bonchev–Trinajstić information content (AvgIpc) is 3.05. The van der Waals surface area contributed by atoms with Gasteiger partial charge < -0.3 is 9.88 Å². The number of rotatable bonds is 6. The molecule has 0 saturated carbocycles. The van der Waals surface area contributed by atoms with Crippen LogP contribution in [-0.4, -0.2) is 22.0 Å².